The number of tetrazole rings is 1. The molecule has 10 heteroatoms. The molecule has 0 atom stereocenters. The topological polar surface area (TPSA) is 112 Å². The number of benzene rings is 1. The van der Waals surface area contributed by atoms with Gasteiger partial charge in [-0.05, 0) is 35.5 Å². The Bertz CT molecular complexity index is 877. The Morgan fingerprint density at radius 1 is 1.36 bits per heavy atom. The Kier molecular flexibility index (Phi) is 5.09. The SMILES string of the molecule is CCOC(=O)Cc1csc(NC(=O)c2cccc(-n3cnnn3)c2)n1. The number of ether oxygens (including phenoxy) is 1. The van der Waals surface area contributed by atoms with Crippen LogP contribution in [-0.4, -0.2) is 43.7 Å². The Morgan fingerprint density at radius 3 is 3.00 bits per heavy atom. The van der Waals surface area contributed by atoms with Gasteiger partial charge in [0.2, 0.25) is 0 Å². The maximum Gasteiger partial charge on any atom is 0.311 e. The second kappa shape index (κ2) is 7.62. The summed E-state index contributed by atoms with van der Waals surface area (Å²) in [6.07, 6.45) is 1.52. The normalized spacial score (nSPS) is 10.4. The fraction of sp³-hybridized carbons (Fsp3) is 0.200. The van der Waals surface area contributed by atoms with Crippen molar-refractivity contribution < 1.29 is 14.3 Å². The molecule has 0 unspecified atom stereocenters. The lowest BCUT2D eigenvalue weighted by Gasteiger charge is -2.04. The van der Waals surface area contributed by atoms with Gasteiger partial charge in [-0.15, -0.1) is 16.4 Å². The Morgan fingerprint density at radius 2 is 2.24 bits per heavy atom. The number of nitrogens with one attached hydrogen (secondary N) is 1. The first-order valence-electron chi connectivity index (χ1n) is 7.40. The van der Waals surface area contributed by atoms with Gasteiger partial charge in [0.05, 0.1) is 24.4 Å². The van der Waals surface area contributed by atoms with Crippen LogP contribution >= 0.6 is 11.3 Å². The van der Waals surface area contributed by atoms with E-state index >= 15 is 0 Å². The van der Waals surface area contributed by atoms with E-state index in [1.165, 1.54) is 22.3 Å². The molecule has 2 aromatic heterocycles. The molecule has 1 N–H and O–H groups in total. The summed E-state index contributed by atoms with van der Waals surface area (Å²) in [5.41, 5.74) is 1.66. The highest BCUT2D eigenvalue weighted by Gasteiger charge is 2.12. The van der Waals surface area contributed by atoms with Gasteiger partial charge in [-0.3, -0.25) is 14.9 Å². The van der Waals surface area contributed by atoms with Gasteiger partial charge in [-0.2, -0.15) is 0 Å². The van der Waals surface area contributed by atoms with E-state index in [4.69, 9.17) is 4.74 Å². The van der Waals surface area contributed by atoms with Crippen molar-refractivity contribution in [3.63, 3.8) is 0 Å². The Balaban J connectivity index is 1.68. The number of hydrogen-bond donors (Lipinski definition) is 1. The van der Waals surface area contributed by atoms with Crippen LogP contribution in [0.2, 0.25) is 0 Å². The van der Waals surface area contributed by atoms with E-state index in [-0.39, 0.29) is 18.3 Å². The average Bonchev–Trinajstić information content (AvgIpc) is 3.27. The molecule has 9 nitrogen and oxygen atoms in total. The van der Waals surface area contributed by atoms with Crippen molar-refractivity contribution in [3.05, 3.63) is 47.2 Å². The molecule has 1 aromatic carbocycles. The second-order valence-corrected chi connectivity index (χ2v) is 5.74. The number of hydrogen-bond acceptors (Lipinski definition) is 8. The number of carbonyl (C=O) groups is 2. The summed E-state index contributed by atoms with van der Waals surface area (Å²) in [4.78, 5) is 28.0. The molecule has 3 rings (SSSR count). The van der Waals surface area contributed by atoms with E-state index in [1.54, 1.807) is 36.6 Å². The number of rotatable bonds is 6. The van der Waals surface area contributed by atoms with E-state index in [0.717, 1.165) is 0 Å². The highest BCUT2D eigenvalue weighted by atomic mass is 32.1. The highest BCUT2D eigenvalue weighted by molar-refractivity contribution is 7.14. The molecule has 0 saturated carbocycles. The van der Waals surface area contributed by atoms with Gasteiger partial charge < -0.3 is 4.74 Å². The highest BCUT2D eigenvalue weighted by Crippen LogP contribution is 2.18. The molecular weight excluding hydrogens is 344 g/mol. The molecular formula is C15H14N6O3S. The number of anilines is 1. The molecule has 0 saturated heterocycles. The zero-order valence-electron chi connectivity index (χ0n) is 13.2. The monoisotopic (exact) mass is 358 g/mol. The van der Waals surface area contributed by atoms with Gasteiger partial charge in [0.15, 0.2) is 5.13 Å². The molecule has 0 spiro atoms. The third-order valence-electron chi connectivity index (χ3n) is 3.12. The minimum Gasteiger partial charge on any atom is -0.466 e. The lowest BCUT2D eigenvalue weighted by Crippen LogP contribution is -2.13. The molecule has 0 fully saturated rings. The number of nitrogens with zero attached hydrogens (tertiary/aromatic N) is 5. The van der Waals surface area contributed by atoms with Crippen LogP contribution < -0.4 is 5.32 Å². The van der Waals surface area contributed by atoms with Crippen LogP contribution in [-0.2, 0) is 16.0 Å². The van der Waals surface area contributed by atoms with Gasteiger partial charge in [-0.1, -0.05) is 6.07 Å². The molecule has 25 heavy (non-hydrogen) atoms. The molecule has 0 radical (unpaired) electrons. The molecule has 0 aliphatic rings. The van der Waals surface area contributed by atoms with Crippen LogP contribution in [0.1, 0.15) is 23.0 Å². The summed E-state index contributed by atoms with van der Waals surface area (Å²) in [5, 5.41) is 15.8. The number of thiazole rings is 1. The Hall–Kier alpha value is -3.14. The summed E-state index contributed by atoms with van der Waals surface area (Å²) in [5.74, 6) is -0.660. The first-order chi connectivity index (χ1) is 12.2. The second-order valence-electron chi connectivity index (χ2n) is 4.88. The maximum absolute atomic E-state index is 12.4. The largest absolute Gasteiger partial charge is 0.466 e. The number of amides is 1. The van der Waals surface area contributed by atoms with Crippen LogP contribution in [0, 0.1) is 0 Å². The third kappa shape index (κ3) is 4.23. The molecule has 0 aliphatic heterocycles. The number of carbonyl (C=O) groups excluding carboxylic acids is 2. The van der Waals surface area contributed by atoms with Crippen LogP contribution in [0.25, 0.3) is 5.69 Å². The van der Waals surface area contributed by atoms with E-state index in [9.17, 15) is 9.59 Å². The molecule has 128 valence electrons. The number of esters is 1. The van der Waals surface area contributed by atoms with Crippen molar-refractivity contribution in [1.29, 1.82) is 0 Å². The molecule has 0 bridgehead atoms. The smallest absolute Gasteiger partial charge is 0.311 e. The van der Waals surface area contributed by atoms with E-state index < -0.39 is 0 Å². The van der Waals surface area contributed by atoms with Gasteiger partial charge in [0.1, 0.15) is 6.33 Å². The van der Waals surface area contributed by atoms with Crippen molar-refractivity contribution in [3.8, 4) is 5.69 Å². The Labute approximate surface area is 146 Å². The fourth-order valence-corrected chi connectivity index (χ4v) is 2.75. The standard InChI is InChI=1S/C15H14N6O3S/c1-2-24-13(22)7-11-8-25-15(17-11)18-14(23)10-4-3-5-12(6-10)21-9-16-19-20-21/h3-6,8-9H,2,7H2,1H3,(H,17,18,23). The van der Waals surface area contributed by atoms with Gasteiger partial charge >= 0.3 is 5.97 Å². The summed E-state index contributed by atoms with van der Waals surface area (Å²) in [6, 6.07) is 6.86. The van der Waals surface area contributed by atoms with E-state index in [1.807, 2.05) is 0 Å². The van der Waals surface area contributed by atoms with Crippen LogP contribution in [0.15, 0.2) is 36.0 Å². The maximum atomic E-state index is 12.4. The first-order valence-corrected chi connectivity index (χ1v) is 8.28. The third-order valence-corrected chi connectivity index (χ3v) is 3.93. The quantitative estimate of drug-likeness (QED) is 0.664. The molecule has 3 aromatic rings. The van der Waals surface area contributed by atoms with Crippen LogP contribution in [0.4, 0.5) is 5.13 Å². The lowest BCUT2D eigenvalue weighted by atomic mass is 10.2. The summed E-state index contributed by atoms with van der Waals surface area (Å²) in [7, 11) is 0. The average molecular weight is 358 g/mol. The van der Waals surface area contributed by atoms with E-state index in [0.29, 0.717) is 28.7 Å². The van der Waals surface area contributed by atoms with Crippen LogP contribution in [0.3, 0.4) is 0 Å². The first kappa shape index (κ1) is 16.7. The molecule has 1 amide bonds. The van der Waals surface area contributed by atoms with Crippen molar-refractivity contribution in [2.45, 2.75) is 13.3 Å². The lowest BCUT2D eigenvalue weighted by molar-refractivity contribution is -0.142. The van der Waals surface area contributed by atoms with Gasteiger partial charge in [0, 0.05) is 10.9 Å². The predicted molar refractivity (Wildman–Crippen MR) is 89.6 cm³/mol. The van der Waals surface area contributed by atoms with Crippen molar-refractivity contribution in [2.75, 3.05) is 11.9 Å². The predicted octanol–water partition coefficient (Wildman–Crippen LogP) is 1.48. The van der Waals surface area contributed by atoms with Crippen molar-refractivity contribution in [2.24, 2.45) is 0 Å². The zero-order chi connectivity index (χ0) is 17.6. The van der Waals surface area contributed by atoms with E-state index in [2.05, 4.69) is 25.8 Å². The fourth-order valence-electron chi connectivity index (χ4n) is 2.04. The minimum atomic E-state index is -0.347. The van der Waals surface area contributed by atoms with Gasteiger partial charge in [-0.25, -0.2) is 9.67 Å². The van der Waals surface area contributed by atoms with Gasteiger partial charge in [0.25, 0.3) is 5.91 Å². The van der Waals surface area contributed by atoms with Crippen molar-refractivity contribution in [1.82, 2.24) is 25.2 Å². The molecule has 2 heterocycles. The summed E-state index contributed by atoms with van der Waals surface area (Å²) >= 11 is 1.25. The summed E-state index contributed by atoms with van der Waals surface area (Å²) < 4.78 is 6.33. The summed E-state index contributed by atoms with van der Waals surface area (Å²) in [6.45, 7) is 2.07. The van der Waals surface area contributed by atoms with Crippen molar-refractivity contribution >= 4 is 28.3 Å². The van der Waals surface area contributed by atoms with Crippen LogP contribution in [0.5, 0.6) is 0 Å². The minimum absolute atomic E-state index is 0.0784. The molecule has 0 aliphatic carbocycles. The number of aromatic nitrogens is 5. The zero-order valence-corrected chi connectivity index (χ0v) is 14.1.